The predicted octanol–water partition coefficient (Wildman–Crippen LogP) is 3.35. The van der Waals surface area contributed by atoms with Crippen LogP contribution >= 0.6 is 24.0 Å². The Bertz CT molecular complexity index is 731. The number of benzene rings is 1. The van der Waals surface area contributed by atoms with Crippen molar-refractivity contribution in [1.82, 2.24) is 9.80 Å². The van der Waals surface area contributed by atoms with Crippen molar-refractivity contribution in [2.45, 2.75) is 49.6 Å². The lowest BCUT2D eigenvalue weighted by molar-refractivity contribution is -0.129. The lowest BCUT2D eigenvalue weighted by Gasteiger charge is -2.32. The molecule has 2 heterocycles. The summed E-state index contributed by atoms with van der Waals surface area (Å²) in [6, 6.07) is 7.52. The highest BCUT2D eigenvalue weighted by atomic mass is 32.2. The molecule has 1 amide bonds. The lowest BCUT2D eigenvalue weighted by atomic mass is 9.94. The molecule has 0 bridgehead atoms. The van der Waals surface area contributed by atoms with Crippen LogP contribution in [-0.4, -0.2) is 51.7 Å². The first-order valence-electron chi connectivity index (χ1n) is 9.07. The minimum Gasteiger partial charge on any atom is -0.465 e. The Kier molecular flexibility index (Phi) is 4.92. The molecule has 1 aliphatic carbocycles. The van der Waals surface area contributed by atoms with Crippen molar-refractivity contribution in [3.05, 3.63) is 35.4 Å². The number of carbonyl (C=O) groups is 2. The number of rotatable bonds is 3. The molecule has 1 aromatic carbocycles. The van der Waals surface area contributed by atoms with E-state index in [4.69, 9.17) is 17.0 Å². The Hall–Kier alpha value is -1.60. The molecule has 2 aliphatic heterocycles. The van der Waals surface area contributed by atoms with E-state index in [0.29, 0.717) is 10.7 Å². The van der Waals surface area contributed by atoms with Crippen molar-refractivity contribution < 1.29 is 14.3 Å². The maximum absolute atomic E-state index is 13.0. The maximum Gasteiger partial charge on any atom is 0.337 e. The van der Waals surface area contributed by atoms with Crippen molar-refractivity contribution in [2.24, 2.45) is 0 Å². The van der Waals surface area contributed by atoms with E-state index < -0.39 is 0 Å². The molecule has 3 fully saturated rings. The second kappa shape index (κ2) is 7.19. The Morgan fingerprint density at radius 2 is 1.88 bits per heavy atom. The molecule has 0 spiro atoms. The van der Waals surface area contributed by atoms with Crippen molar-refractivity contribution in [3.63, 3.8) is 0 Å². The summed E-state index contributed by atoms with van der Waals surface area (Å²) in [4.78, 5) is 28.6. The summed E-state index contributed by atoms with van der Waals surface area (Å²) in [6.07, 6.45) is 5.71. The fraction of sp³-hybridized carbons (Fsp3) is 0.526. The minimum absolute atomic E-state index is 0.0248. The lowest BCUT2D eigenvalue weighted by Crippen LogP contribution is -2.42. The van der Waals surface area contributed by atoms with Gasteiger partial charge in [-0.1, -0.05) is 31.4 Å². The van der Waals surface area contributed by atoms with Crippen LogP contribution < -0.4 is 0 Å². The normalized spacial score (nSPS) is 26.3. The van der Waals surface area contributed by atoms with Gasteiger partial charge in [-0.25, -0.2) is 4.79 Å². The van der Waals surface area contributed by atoms with Crippen LogP contribution in [0.2, 0.25) is 0 Å². The van der Waals surface area contributed by atoms with Gasteiger partial charge in [-0.15, -0.1) is 11.8 Å². The number of ether oxygens (including phenoxy) is 1. The SMILES string of the molecule is COC(=O)c1ccc(C2SC[C@H]3C(=O)N(C4CCCCC4)C(=S)N23)cc1. The molecule has 1 saturated carbocycles. The topological polar surface area (TPSA) is 49.9 Å². The van der Waals surface area contributed by atoms with E-state index in [9.17, 15) is 9.59 Å². The summed E-state index contributed by atoms with van der Waals surface area (Å²) in [7, 11) is 1.38. The van der Waals surface area contributed by atoms with E-state index >= 15 is 0 Å². The smallest absolute Gasteiger partial charge is 0.337 e. The van der Waals surface area contributed by atoms with Crippen molar-refractivity contribution in [1.29, 1.82) is 0 Å². The van der Waals surface area contributed by atoms with Crippen LogP contribution in [0, 0.1) is 0 Å². The van der Waals surface area contributed by atoms with Gasteiger partial charge in [0.25, 0.3) is 5.91 Å². The van der Waals surface area contributed by atoms with Crippen molar-refractivity contribution in [3.8, 4) is 0 Å². The van der Waals surface area contributed by atoms with Crippen LogP contribution in [-0.2, 0) is 9.53 Å². The molecule has 138 valence electrons. The van der Waals surface area contributed by atoms with Crippen LogP contribution in [0.4, 0.5) is 0 Å². The summed E-state index contributed by atoms with van der Waals surface area (Å²) < 4.78 is 4.76. The van der Waals surface area contributed by atoms with E-state index in [-0.39, 0.29) is 29.3 Å². The van der Waals surface area contributed by atoms with Crippen molar-refractivity contribution in [2.75, 3.05) is 12.9 Å². The zero-order valence-electron chi connectivity index (χ0n) is 14.7. The number of amides is 1. The molecule has 4 rings (SSSR count). The van der Waals surface area contributed by atoms with Gasteiger partial charge in [0, 0.05) is 11.8 Å². The van der Waals surface area contributed by atoms with Gasteiger partial charge in [-0.2, -0.15) is 0 Å². The van der Waals surface area contributed by atoms with Gasteiger partial charge in [0.05, 0.1) is 12.7 Å². The zero-order valence-corrected chi connectivity index (χ0v) is 16.4. The van der Waals surface area contributed by atoms with Gasteiger partial charge in [0.1, 0.15) is 11.4 Å². The standard InChI is InChI=1S/C19H22N2O3S2/c1-24-18(23)13-9-7-12(8-10-13)17-21-15(11-26-17)16(22)20(19(21)25)14-5-3-2-4-6-14/h7-10,14-15,17H,2-6,11H2,1H3/t15-,17?/m0/s1. The number of carbonyl (C=O) groups excluding carboxylic acids is 2. The van der Waals surface area contributed by atoms with E-state index in [2.05, 4.69) is 4.90 Å². The average molecular weight is 391 g/mol. The maximum atomic E-state index is 13.0. The molecular weight excluding hydrogens is 368 g/mol. The second-order valence-corrected chi connectivity index (χ2v) is 8.48. The molecular formula is C19H22N2O3S2. The van der Waals surface area contributed by atoms with Gasteiger partial charge in [0.2, 0.25) is 0 Å². The van der Waals surface area contributed by atoms with Crippen LogP contribution in [0.25, 0.3) is 0 Å². The molecule has 2 saturated heterocycles. The third-order valence-electron chi connectivity index (χ3n) is 5.51. The fourth-order valence-electron chi connectivity index (χ4n) is 4.14. The Morgan fingerprint density at radius 3 is 2.54 bits per heavy atom. The summed E-state index contributed by atoms with van der Waals surface area (Å²) in [5.74, 6) is 0.581. The van der Waals surface area contributed by atoms with E-state index in [1.807, 2.05) is 17.0 Å². The highest BCUT2D eigenvalue weighted by Crippen LogP contribution is 2.46. The van der Waals surface area contributed by atoms with Crippen LogP contribution in [0.1, 0.15) is 53.4 Å². The predicted molar refractivity (Wildman–Crippen MR) is 105 cm³/mol. The van der Waals surface area contributed by atoms with Gasteiger partial charge in [-0.3, -0.25) is 9.69 Å². The average Bonchev–Trinajstić information content (AvgIpc) is 3.22. The Balaban J connectivity index is 1.56. The summed E-state index contributed by atoms with van der Waals surface area (Å²) in [5, 5.41) is 0.704. The van der Waals surface area contributed by atoms with Crippen LogP contribution in [0.3, 0.4) is 0 Å². The first-order valence-corrected chi connectivity index (χ1v) is 10.5. The highest BCUT2D eigenvalue weighted by molar-refractivity contribution is 7.99. The van der Waals surface area contributed by atoms with Crippen molar-refractivity contribution >= 4 is 41.0 Å². The number of hydrogen-bond acceptors (Lipinski definition) is 5. The summed E-state index contributed by atoms with van der Waals surface area (Å²) in [5.41, 5.74) is 1.59. The molecule has 5 nitrogen and oxygen atoms in total. The largest absolute Gasteiger partial charge is 0.465 e. The van der Waals surface area contributed by atoms with E-state index in [1.165, 1.54) is 26.4 Å². The third kappa shape index (κ3) is 2.91. The van der Waals surface area contributed by atoms with Gasteiger partial charge < -0.3 is 9.64 Å². The van der Waals surface area contributed by atoms with E-state index in [0.717, 1.165) is 24.2 Å². The Labute approximate surface area is 163 Å². The first-order chi connectivity index (χ1) is 12.6. The van der Waals surface area contributed by atoms with Crippen LogP contribution in [0.15, 0.2) is 24.3 Å². The molecule has 0 radical (unpaired) electrons. The third-order valence-corrected chi connectivity index (χ3v) is 7.24. The number of thioether (sulfide) groups is 1. The minimum atomic E-state index is -0.344. The molecule has 0 aromatic heterocycles. The Morgan fingerprint density at radius 1 is 1.19 bits per heavy atom. The van der Waals surface area contributed by atoms with Gasteiger partial charge in [-0.05, 0) is 42.8 Å². The number of fused-ring (bicyclic) bond motifs is 1. The molecule has 3 aliphatic rings. The first kappa shape index (κ1) is 17.8. The van der Waals surface area contributed by atoms with Gasteiger partial charge in [0.15, 0.2) is 5.11 Å². The highest BCUT2D eigenvalue weighted by Gasteiger charge is 2.52. The number of nitrogens with zero attached hydrogens (tertiary/aromatic N) is 2. The molecule has 0 N–H and O–H groups in total. The van der Waals surface area contributed by atoms with Crippen LogP contribution in [0.5, 0.6) is 0 Å². The van der Waals surface area contributed by atoms with Gasteiger partial charge >= 0.3 is 5.97 Å². The molecule has 1 unspecified atom stereocenters. The fourth-order valence-corrected chi connectivity index (χ4v) is 6.11. The number of thiocarbonyl (C=S) groups is 1. The zero-order chi connectivity index (χ0) is 18.3. The second-order valence-electron chi connectivity index (χ2n) is 7.00. The number of esters is 1. The summed E-state index contributed by atoms with van der Waals surface area (Å²) >= 11 is 7.48. The monoisotopic (exact) mass is 390 g/mol. The quantitative estimate of drug-likeness (QED) is 0.583. The molecule has 2 atom stereocenters. The van der Waals surface area contributed by atoms with E-state index in [1.54, 1.807) is 23.9 Å². The molecule has 1 aromatic rings. The number of methoxy groups -OCH3 is 1. The number of hydrogen-bond donors (Lipinski definition) is 0. The summed E-state index contributed by atoms with van der Waals surface area (Å²) in [6.45, 7) is 0. The molecule has 26 heavy (non-hydrogen) atoms. The molecule has 7 heteroatoms.